The van der Waals surface area contributed by atoms with Gasteiger partial charge in [-0.05, 0) is 35.4 Å². The number of hydrogen-bond donors (Lipinski definition) is 1. The Balaban J connectivity index is 1.54. The predicted octanol–water partition coefficient (Wildman–Crippen LogP) is 3.52. The van der Waals surface area contributed by atoms with Crippen molar-refractivity contribution in [3.05, 3.63) is 89.0 Å². The Labute approximate surface area is 158 Å². The highest BCUT2D eigenvalue weighted by molar-refractivity contribution is 5.84. The van der Waals surface area contributed by atoms with Crippen molar-refractivity contribution in [2.75, 3.05) is 0 Å². The van der Waals surface area contributed by atoms with Crippen molar-refractivity contribution < 1.29 is 4.39 Å². The molecule has 6 nitrogen and oxygen atoms in total. The normalized spacial score (nSPS) is 11.3. The van der Waals surface area contributed by atoms with Gasteiger partial charge in [0, 0.05) is 17.1 Å². The zero-order valence-corrected chi connectivity index (χ0v) is 14.6. The molecular weight excluding hydrogens is 357 g/mol. The summed E-state index contributed by atoms with van der Waals surface area (Å²) in [5.41, 5.74) is 3.95. The van der Waals surface area contributed by atoms with Crippen molar-refractivity contribution in [2.45, 2.75) is 6.54 Å². The van der Waals surface area contributed by atoms with E-state index in [1.807, 2.05) is 24.3 Å². The zero-order valence-electron chi connectivity index (χ0n) is 14.6. The van der Waals surface area contributed by atoms with Gasteiger partial charge >= 0.3 is 0 Å². The lowest BCUT2D eigenvalue weighted by Crippen LogP contribution is -2.21. The fourth-order valence-corrected chi connectivity index (χ4v) is 3.33. The number of fused-ring (bicyclic) bond motifs is 2. The van der Waals surface area contributed by atoms with E-state index in [-0.39, 0.29) is 17.9 Å². The number of pyridine rings is 1. The molecule has 0 aliphatic heterocycles. The van der Waals surface area contributed by atoms with Crippen LogP contribution in [0, 0.1) is 5.82 Å². The molecule has 28 heavy (non-hydrogen) atoms. The molecule has 0 atom stereocenters. The standard InChI is InChI=1S/C21H14FN5O/c22-17-8-14(13-3-4-18-16(7-13)9-25-26-18)1-2-15(17)12-27-20-5-6-23-10-19(20)24-11-21(27)28/h1-11H,12H2,(H,25,26). The molecule has 0 aliphatic rings. The van der Waals surface area contributed by atoms with Crippen molar-refractivity contribution >= 4 is 21.9 Å². The van der Waals surface area contributed by atoms with Crippen molar-refractivity contribution in [1.29, 1.82) is 0 Å². The van der Waals surface area contributed by atoms with Gasteiger partial charge in [0.2, 0.25) is 0 Å². The maximum absolute atomic E-state index is 14.8. The van der Waals surface area contributed by atoms with E-state index >= 15 is 0 Å². The van der Waals surface area contributed by atoms with Gasteiger partial charge in [0.25, 0.3) is 5.56 Å². The SMILES string of the molecule is O=c1cnc2cnccc2n1Cc1ccc(-c2ccc3[nH]ncc3c2)cc1F. The van der Waals surface area contributed by atoms with Crippen molar-refractivity contribution in [3.8, 4) is 11.1 Å². The van der Waals surface area contributed by atoms with Crippen LogP contribution < -0.4 is 5.56 Å². The van der Waals surface area contributed by atoms with Crippen LogP contribution in [0.1, 0.15) is 5.56 Å². The molecule has 0 unspecified atom stereocenters. The van der Waals surface area contributed by atoms with E-state index in [0.717, 1.165) is 22.0 Å². The van der Waals surface area contributed by atoms with Crippen molar-refractivity contribution in [2.24, 2.45) is 0 Å². The van der Waals surface area contributed by atoms with Crippen LogP contribution in [-0.2, 0) is 6.54 Å². The highest BCUT2D eigenvalue weighted by Crippen LogP contribution is 2.25. The molecule has 7 heteroatoms. The minimum Gasteiger partial charge on any atom is -0.301 e. The predicted molar refractivity (Wildman–Crippen MR) is 104 cm³/mol. The lowest BCUT2D eigenvalue weighted by Gasteiger charge is -2.11. The number of halogens is 1. The quantitative estimate of drug-likeness (QED) is 0.526. The van der Waals surface area contributed by atoms with Gasteiger partial charge in [-0.1, -0.05) is 18.2 Å². The summed E-state index contributed by atoms with van der Waals surface area (Å²) in [4.78, 5) is 20.4. The maximum atomic E-state index is 14.8. The van der Waals surface area contributed by atoms with Gasteiger partial charge in [-0.15, -0.1) is 0 Å². The molecule has 0 spiro atoms. The minimum absolute atomic E-state index is 0.120. The molecule has 3 heterocycles. The molecule has 0 fully saturated rings. The van der Waals surface area contributed by atoms with Crippen LogP contribution >= 0.6 is 0 Å². The number of aromatic amines is 1. The Kier molecular flexibility index (Phi) is 3.72. The van der Waals surface area contributed by atoms with Gasteiger partial charge in [-0.3, -0.25) is 14.9 Å². The summed E-state index contributed by atoms with van der Waals surface area (Å²) in [6.07, 6.45) is 6.14. The van der Waals surface area contributed by atoms with E-state index in [0.29, 0.717) is 16.6 Å². The Bertz CT molecular complexity index is 1390. The first-order valence-corrected chi connectivity index (χ1v) is 8.70. The van der Waals surface area contributed by atoms with E-state index in [4.69, 9.17) is 0 Å². The number of H-pyrrole nitrogens is 1. The van der Waals surface area contributed by atoms with Gasteiger partial charge in [0.05, 0.1) is 36.2 Å². The van der Waals surface area contributed by atoms with Crippen LogP contribution in [0.15, 0.2) is 72.0 Å². The number of hydrogen-bond acceptors (Lipinski definition) is 4. The molecule has 0 aliphatic carbocycles. The first-order chi connectivity index (χ1) is 13.7. The second-order valence-corrected chi connectivity index (χ2v) is 6.53. The van der Waals surface area contributed by atoms with Crippen molar-refractivity contribution in [1.82, 2.24) is 24.7 Å². The number of aromatic nitrogens is 5. The minimum atomic E-state index is -0.365. The van der Waals surface area contributed by atoms with Gasteiger partial charge in [-0.2, -0.15) is 5.10 Å². The molecule has 136 valence electrons. The van der Waals surface area contributed by atoms with Gasteiger partial charge in [0.1, 0.15) is 11.3 Å². The van der Waals surface area contributed by atoms with Crippen LogP contribution in [0.2, 0.25) is 0 Å². The molecule has 0 bridgehead atoms. The summed E-state index contributed by atoms with van der Waals surface area (Å²) < 4.78 is 16.3. The van der Waals surface area contributed by atoms with Crippen LogP contribution in [0.3, 0.4) is 0 Å². The lowest BCUT2D eigenvalue weighted by atomic mass is 10.0. The maximum Gasteiger partial charge on any atom is 0.269 e. The zero-order chi connectivity index (χ0) is 19.1. The summed E-state index contributed by atoms with van der Waals surface area (Å²) in [5.74, 6) is -0.365. The summed E-state index contributed by atoms with van der Waals surface area (Å²) in [6, 6.07) is 12.6. The Morgan fingerprint density at radius 2 is 1.86 bits per heavy atom. The summed E-state index contributed by atoms with van der Waals surface area (Å²) in [5, 5.41) is 7.87. The van der Waals surface area contributed by atoms with Crippen LogP contribution in [0.4, 0.5) is 4.39 Å². The smallest absolute Gasteiger partial charge is 0.269 e. The Morgan fingerprint density at radius 1 is 1.00 bits per heavy atom. The average Bonchev–Trinajstić information content (AvgIpc) is 3.19. The molecule has 5 rings (SSSR count). The number of nitrogens with zero attached hydrogens (tertiary/aromatic N) is 4. The van der Waals surface area contributed by atoms with E-state index in [1.54, 1.807) is 30.7 Å². The first-order valence-electron chi connectivity index (χ1n) is 8.70. The highest BCUT2D eigenvalue weighted by atomic mass is 19.1. The van der Waals surface area contributed by atoms with E-state index in [2.05, 4.69) is 20.2 Å². The van der Waals surface area contributed by atoms with E-state index < -0.39 is 0 Å². The van der Waals surface area contributed by atoms with Gasteiger partial charge in [-0.25, -0.2) is 9.37 Å². The monoisotopic (exact) mass is 371 g/mol. The third-order valence-electron chi connectivity index (χ3n) is 4.80. The Hall–Kier alpha value is -3.87. The van der Waals surface area contributed by atoms with E-state index in [1.165, 1.54) is 16.8 Å². The lowest BCUT2D eigenvalue weighted by molar-refractivity contribution is 0.599. The summed E-state index contributed by atoms with van der Waals surface area (Å²) >= 11 is 0. The fourth-order valence-electron chi connectivity index (χ4n) is 3.33. The molecular formula is C21H14FN5O. The van der Waals surface area contributed by atoms with Gasteiger partial charge in [0.15, 0.2) is 0 Å². The van der Waals surface area contributed by atoms with Crippen LogP contribution in [-0.4, -0.2) is 24.7 Å². The molecule has 0 saturated carbocycles. The number of rotatable bonds is 3. The summed E-state index contributed by atoms with van der Waals surface area (Å²) in [7, 11) is 0. The molecule has 0 amide bonds. The molecule has 1 N–H and O–H groups in total. The average molecular weight is 371 g/mol. The summed E-state index contributed by atoms with van der Waals surface area (Å²) in [6.45, 7) is 0.120. The second-order valence-electron chi connectivity index (χ2n) is 6.53. The molecule has 0 radical (unpaired) electrons. The molecule has 5 aromatic rings. The molecule has 3 aromatic heterocycles. The fraction of sp³-hybridized carbons (Fsp3) is 0.0476. The largest absolute Gasteiger partial charge is 0.301 e. The second kappa shape index (κ2) is 6.38. The van der Waals surface area contributed by atoms with Gasteiger partial charge < -0.3 is 4.57 Å². The first kappa shape index (κ1) is 16.3. The van der Waals surface area contributed by atoms with Crippen LogP contribution in [0.25, 0.3) is 33.1 Å². The number of nitrogens with one attached hydrogen (secondary N) is 1. The molecule has 0 saturated heterocycles. The topological polar surface area (TPSA) is 76.5 Å². The third-order valence-corrected chi connectivity index (χ3v) is 4.80. The van der Waals surface area contributed by atoms with Crippen LogP contribution in [0.5, 0.6) is 0 Å². The van der Waals surface area contributed by atoms with Crippen molar-refractivity contribution in [3.63, 3.8) is 0 Å². The third kappa shape index (κ3) is 2.73. The molecule has 2 aromatic carbocycles. The van der Waals surface area contributed by atoms with E-state index in [9.17, 15) is 9.18 Å². The highest BCUT2D eigenvalue weighted by Gasteiger charge is 2.10. The number of benzene rings is 2. The Morgan fingerprint density at radius 3 is 2.75 bits per heavy atom.